The first-order chi connectivity index (χ1) is 8.67. The zero-order valence-corrected chi connectivity index (χ0v) is 11.3. The molecule has 1 aromatic rings. The molecule has 0 spiro atoms. The molecule has 0 saturated carbocycles. The van der Waals surface area contributed by atoms with Crippen LogP contribution in [0.1, 0.15) is 16.8 Å². The number of methoxy groups -OCH3 is 2. The maximum atomic E-state index is 11.8. The van der Waals surface area contributed by atoms with Gasteiger partial charge in [0, 0.05) is 11.3 Å². The molecular formula is C13H16O4S. The molecule has 0 saturated heterocycles. The van der Waals surface area contributed by atoms with Crippen LogP contribution in [0.15, 0.2) is 24.3 Å². The lowest BCUT2D eigenvalue weighted by Gasteiger charge is -2.04. The van der Waals surface area contributed by atoms with E-state index in [1.165, 1.54) is 18.9 Å². The van der Waals surface area contributed by atoms with Crippen molar-refractivity contribution in [1.82, 2.24) is 0 Å². The normalized spacial score (nSPS) is 9.89. The lowest BCUT2D eigenvalue weighted by Crippen LogP contribution is -2.06. The summed E-state index contributed by atoms with van der Waals surface area (Å²) in [6, 6.07) is 7.04. The van der Waals surface area contributed by atoms with Crippen molar-refractivity contribution in [2.45, 2.75) is 6.42 Å². The molecule has 0 amide bonds. The summed E-state index contributed by atoms with van der Waals surface area (Å²) in [6.07, 6.45) is 0.326. The number of ketones is 1. The van der Waals surface area contributed by atoms with E-state index in [1.54, 1.807) is 31.4 Å². The van der Waals surface area contributed by atoms with E-state index in [2.05, 4.69) is 4.74 Å². The van der Waals surface area contributed by atoms with Gasteiger partial charge in [-0.25, -0.2) is 0 Å². The van der Waals surface area contributed by atoms with Crippen LogP contribution >= 0.6 is 11.8 Å². The number of hydrogen-bond acceptors (Lipinski definition) is 5. The maximum Gasteiger partial charge on any atom is 0.306 e. The van der Waals surface area contributed by atoms with Gasteiger partial charge in [0.25, 0.3) is 0 Å². The second-order valence-corrected chi connectivity index (χ2v) is 4.64. The predicted molar refractivity (Wildman–Crippen MR) is 71.3 cm³/mol. The van der Waals surface area contributed by atoms with Crippen molar-refractivity contribution in [2.24, 2.45) is 0 Å². The van der Waals surface area contributed by atoms with Crippen molar-refractivity contribution in [3.8, 4) is 5.75 Å². The third-order valence-corrected chi connectivity index (χ3v) is 3.26. The van der Waals surface area contributed by atoms with E-state index in [-0.39, 0.29) is 11.8 Å². The van der Waals surface area contributed by atoms with Gasteiger partial charge in [0.05, 0.1) is 26.4 Å². The van der Waals surface area contributed by atoms with Crippen LogP contribution in [0.3, 0.4) is 0 Å². The van der Waals surface area contributed by atoms with Crippen LogP contribution in [0, 0.1) is 0 Å². The number of hydrogen-bond donors (Lipinski definition) is 0. The number of Topliss-reactive ketones (excluding diaryl/α,β-unsaturated/α-hetero) is 1. The third-order valence-electron chi connectivity index (χ3n) is 2.30. The van der Waals surface area contributed by atoms with Crippen molar-refractivity contribution in [3.63, 3.8) is 0 Å². The summed E-state index contributed by atoms with van der Waals surface area (Å²) < 4.78 is 9.57. The Hall–Kier alpha value is -1.49. The fourth-order valence-corrected chi connectivity index (χ4v) is 2.11. The monoisotopic (exact) mass is 268 g/mol. The van der Waals surface area contributed by atoms with Crippen LogP contribution in [-0.4, -0.2) is 37.5 Å². The molecule has 0 aliphatic carbocycles. The molecule has 0 N–H and O–H groups in total. The Morgan fingerprint density at radius 2 is 2.06 bits per heavy atom. The lowest BCUT2D eigenvalue weighted by atomic mass is 10.1. The Bertz CT molecular complexity index is 417. The van der Waals surface area contributed by atoms with E-state index in [0.29, 0.717) is 29.2 Å². The Kier molecular flexibility index (Phi) is 6.28. The largest absolute Gasteiger partial charge is 0.497 e. The van der Waals surface area contributed by atoms with Crippen LogP contribution in [0.5, 0.6) is 5.75 Å². The first-order valence-corrected chi connectivity index (χ1v) is 6.64. The third kappa shape index (κ3) is 4.79. The first-order valence-electron chi connectivity index (χ1n) is 5.49. The lowest BCUT2D eigenvalue weighted by molar-refractivity contribution is -0.140. The molecule has 0 heterocycles. The number of rotatable bonds is 7. The first kappa shape index (κ1) is 14.6. The van der Waals surface area contributed by atoms with Crippen LogP contribution in [0.4, 0.5) is 0 Å². The van der Waals surface area contributed by atoms with Crippen molar-refractivity contribution in [2.75, 3.05) is 25.7 Å². The average Bonchev–Trinajstić information content (AvgIpc) is 2.43. The molecule has 18 heavy (non-hydrogen) atoms. The van der Waals surface area contributed by atoms with Crippen LogP contribution in [-0.2, 0) is 9.53 Å². The van der Waals surface area contributed by atoms with E-state index in [9.17, 15) is 9.59 Å². The Labute approximate surface area is 111 Å². The molecule has 0 fully saturated rings. The molecule has 0 unspecified atom stereocenters. The van der Waals surface area contributed by atoms with Gasteiger partial charge in [-0.15, -0.1) is 0 Å². The van der Waals surface area contributed by atoms with Crippen LogP contribution < -0.4 is 4.74 Å². The molecule has 0 aliphatic heterocycles. The molecule has 5 heteroatoms. The topological polar surface area (TPSA) is 52.6 Å². The van der Waals surface area contributed by atoms with Gasteiger partial charge in [-0.2, -0.15) is 11.8 Å². The zero-order valence-electron chi connectivity index (χ0n) is 10.5. The summed E-state index contributed by atoms with van der Waals surface area (Å²) in [5, 5.41) is 0. The summed E-state index contributed by atoms with van der Waals surface area (Å²) in [7, 11) is 2.92. The minimum absolute atomic E-state index is 0.0313. The molecule has 1 rings (SSSR count). The smallest absolute Gasteiger partial charge is 0.306 e. The van der Waals surface area contributed by atoms with Crippen molar-refractivity contribution in [3.05, 3.63) is 29.8 Å². The minimum Gasteiger partial charge on any atom is -0.497 e. The average molecular weight is 268 g/mol. The molecular weight excluding hydrogens is 252 g/mol. The van der Waals surface area contributed by atoms with E-state index in [0.717, 1.165) is 0 Å². The second-order valence-electron chi connectivity index (χ2n) is 3.53. The SMILES string of the molecule is COC(=O)CCSCC(=O)c1cccc(OC)c1. The van der Waals surface area contributed by atoms with Crippen LogP contribution in [0.2, 0.25) is 0 Å². The molecule has 0 aromatic heterocycles. The fourth-order valence-electron chi connectivity index (χ4n) is 1.30. The molecule has 0 aliphatic rings. The van der Waals surface area contributed by atoms with Crippen molar-refractivity contribution >= 4 is 23.5 Å². The van der Waals surface area contributed by atoms with Gasteiger partial charge in [-0.05, 0) is 12.1 Å². The van der Waals surface area contributed by atoms with Crippen molar-refractivity contribution < 1.29 is 19.1 Å². The van der Waals surface area contributed by atoms with E-state index < -0.39 is 0 Å². The van der Waals surface area contributed by atoms with Gasteiger partial charge in [0.1, 0.15) is 5.75 Å². The quantitative estimate of drug-likeness (QED) is 0.431. The number of esters is 1. The van der Waals surface area contributed by atoms with E-state index >= 15 is 0 Å². The predicted octanol–water partition coefficient (Wildman–Crippen LogP) is 2.17. The summed E-state index contributed by atoms with van der Waals surface area (Å²) in [5.74, 6) is 1.38. The summed E-state index contributed by atoms with van der Waals surface area (Å²) >= 11 is 1.42. The molecule has 0 atom stereocenters. The Morgan fingerprint density at radius 3 is 2.72 bits per heavy atom. The van der Waals surface area contributed by atoms with Gasteiger partial charge in [-0.3, -0.25) is 9.59 Å². The number of carbonyl (C=O) groups excluding carboxylic acids is 2. The second kappa shape index (κ2) is 7.76. The Morgan fingerprint density at radius 1 is 1.28 bits per heavy atom. The van der Waals surface area contributed by atoms with Gasteiger partial charge in [-0.1, -0.05) is 12.1 Å². The highest BCUT2D eigenvalue weighted by molar-refractivity contribution is 8.00. The van der Waals surface area contributed by atoms with E-state index in [4.69, 9.17) is 4.74 Å². The van der Waals surface area contributed by atoms with Gasteiger partial charge < -0.3 is 9.47 Å². The fraction of sp³-hybridized carbons (Fsp3) is 0.385. The summed E-state index contributed by atoms with van der Waals surface area (Å²) in [6.45, 7) is 0. The maximum absolute atomic E-state index is 11.8. The standard InChI is InChI=1S/C13H16O4S/c1-16-11-5-3-4-10(8-11)12(14)9-18-7-6-13(15)17-2/h3-5,8H,6-7,9H2,1-2H3. The van der Waals surface area contributed by atoms with Gasteiger partial charge >= 0.3 is 5.97 Å². The van der Waals surface area contributed by atoms with E-state index in [1.807, 2.05) is 0 Å². The summed E-state index contributed by atoms with van der Waals surface area (Å²) in [5.41, 5.74) is 0.625. The molecule has 1 aromatic carbocycles. The highest BCUT2D eigenvalue weighted by atomic mass is 32.2. The van der Waals surface area contributed by atoms with Gasteiger partial charge in [0.15, 0.2) is 5.78 Å². The summed E-state index contributed by atoms with van der Waals surface area (Å²) in [4.78, 5) is 22.7. The number of thioether (sulfide) groups is 1. The Balaban J connectivity index is 2.38. The van der Waals surface area contributed by atoms with Crippen molar-refractivity contribution in [1.29, 1.82) is 0 Å². The number of ether oxygens (including phenoxy) is 2. The van der Waals surface area contributed by atoms with Crippen LogP contribution in [0.25, 0.3) is 0 Å². The number of benzene rings is 1. The number of carbonyl (C=O) groups is 2. The zero-order chi connectivity index (χ0) is 13.4. The minimum atomic E-state index is -0.253. The highest BCUT2D eigenvalue weighted by Crippen LogP contribution is 2.15. The molecule has 98 valence electrons. The molecule has 0 bridgehead atoms. The van der Waals surface area contributed by atoms with Gasteiger partial charge in [0.2, 0.25) is 0 Å². The molecule has 0 radical (unpaired) electrons. The highest BCUT2D eigenvalue weighted by Gasteiger charge is 2.07. The molecule has 4 nitrogen and oxygen atoms in total.